The van der Waals surface area contributed by atoms with Crippen LogP contribution in [0.3, 0.4) is 0 Å². The van der Waals surface area contributed by atoms with Crippen LogP contribution in [0.1, 0.15) is 18.0 Å². The van der Waals surface area contributed by atoms with Crippen LogP contribution in [0, 0.1) is 5.82 Å². The second kappa shape index (κ2) is 7.62. The van der Waals surface area contributed by atoms with Crippen molar-refractivity contribution in [3.8, 4) is 11.1 Å². The zero-order valence-electron chi connectivity index (χ0n) is 15.8. The number of hydrogen-bond acceptors (Lipinski definition) is 6. The van der Waals surface area contributed by atoms with Gasteiger partial charge in [0.2, 0.25) is 0 Å². The predicted molar refractivity (Wildman–Crippen MR) is 119 cm³/mol. The standard InChI is InChI=1S/C22H15FN4OS2/c1-12(19-26-17-5-3-2-4-15(17)20(28)27-19)30-22-18-16(10-29-21(18)24-11-25-22)13-6-8-14(23)9-7-13/h2-12H,1H3,(H,26,27,28). The predicted octanol–water partition coefficient (Wildman–Crippen LogP) is 5.59. The molecule has 1 N–H and O–H groups in total. The molecule has 0 aliphatic carbocycles. The molecule has 5 rings (SSSR count). The molecule has 5 aromatic rings. The number of fused-ring (bicyclic) bond motifs is 2. The first-order chi connectivity index (χ1) is 14.6. The molecule has 3 aromatic heterocycles. The van der Waals surface area contributed by atoms with Crippen molar-refractivity contribution in [3.63, 3.8) is 0 Å². The minimum Gasteiger partial charge on any atom is -0.309 e. The monoisotopic (exact) mass is 434 g/mol. The van der Waals surface area contributed by atoms with Gasteiger partial charge in [0.25, 0.3) is 5.56 Å². The van der Waals surface area contributed by atoms with E-state index >= 15 is 0 Å². The van der Waals surface area contributed by atoms with Crippen molar-refractivity contribution in [1.82, 2.24) is 19.9 Å². The second-order valence-corrected chi connectivity index (χ2v) is 8.93. The van der Waals surface area contributed by atoms with Gasteiger partial charge in [0.1, 0.15) is 27.8 Å². The Morgan fingerprint density at radius 1 is 1.10 bits per heavy atom. The molecule has 0 amide bonds. The normalized spacial score (nSPS) is 12.5. The lowest BCUT2D eigenvalue weighted by molar-refractivity contribution is 0.628. The molecule has 2 aromatic carbocycles. The lowest BCUT2D eigenvalue weighted by atomic mass is 10.1. The van der Waals surface area contributed by atoms with E-state index in [1.165, 1.54) is 35.2 Å². The number of H-pyrrole nitrogens is 1. The van der Waals surface area contributed by atoms with Crippen LogP contribution >= 0.6 is 23.1 Å². The van der Waals surface area contributed by atoms with E-state index in [4.69, 9.17) is 0 Å². The van der Waals surface area contributed by atoms with Crippen molar-refractivity contribution in [3.05, 3.63) is 82.2 Å². The van der Waals surface area contributed by atoms with E-state index in [9.17, 15) is 9.18 Å². The molecule has 0 saturated carbocycles. The molecule has 0 saturated heterocycles. The molecule has 0 fully saturated rings. The number of aromatic nitrogens is 4. The maximum atomic E-state index is 13.4. The summed E-state index contributed by atoms with van der Waals surface area (Å²) in [6, 6.07) is 13.7. The van der Waals surface area contributed by atoms with E-state index < -0.39 is 0 Å². The summed E-state index contributed by atoms with van der Waals surface area (Å²) in [5.74, 6) is 0.318. The molecule has 1 unspecified atom stereocenters. The van der Waals surface area contributed by atoms with Gasteiger partial charge in [-0.1, -0.05) is 36.0 Å². The van der Waals surface area contributed by atoms with Crippen LogP contribution in [0.4, 0.5) is 4.39 Å². The molecule has 3 heterocycles. The Morgan fingerprint density at radius 2 is 1.90 bits per heavy atom. The van der Waals surface area contributed by atoms with Crippen LogP contribution in [-0.4, -0.2) is 19.9 Å². The molecule has 8 heteroatoms. The first kappa shape index (κ1) is 18.9. The molecule has 0 aliphatic rings. The zero-order valence-corrected chi connectivity index (χ0v) is 17.4. The highest BCUT2D eigenvalue weighted by Crippen LogP contribution is 2.41. The number of thioether (sulfide) groups is 1. The third-order valence-electron chi connectivity index (χ3n) is 4.80. The SMILES string of the molecule is CC(Sc1ncnc2scc(-c3ccc(F)cc3)c12)c1nc2ccccc2c(=O)[nH]1. The van der Waals surface area contributed by atoms with Gasteiger partial charge in [0, 0.05) is 10.9 Å². The highest BCUT2D eigenvalue weighted by atomic mass is 32.2. The number of rotatable bonds is 4. The number of para-hydroxylation sites is 1. The van der Waals surface area contributed by atoms with E-state index in [2.05, 4.69) is 19.9 Å². The Bertz CT molecular complexity index is 1430. The molecule has 0 radical (unpaired) electrons. The zero-order chi connectivity index (χ0) is 20.7. The average molecular weight is 435 g/mol. The Balaban J connectivity index is 1.56. The molecular weight excluding hydrogens is 419 g/mol. The maximum Gasteiger partial charge on any atom is 0.258 e. The van der Waals surface area contributed by atoms with Crippen LogP contribution in [0.2, 0.25) is 0 Å². The van der Waals surface area contributed by atoms with Crippen LogP contribution in [0.5, 0.6) is 0 Å². The van der Waals surface area contributed by atoms with Crippen LogP contribution < -0.4 is 5.56 Å². The van der Waals surface area contributed by atoms with Gasteiger partial charge in [-0.25, -0.2) is 19.3 Å². The van der Waals surface area contributed by atoms with Crippen molar-refractivity contribution in [2.75, 3.05) is 0 Å². The summed E-state index contributed by atoms with van der Waals surface area (Å²) in [4.78, 5) is 29.7. The molecule has 5 nitrogen and oxygen atoms in total. The van der Waals surface area contributed by atoms with Gasteiger partial charge >= 0.3 is 0 Å². The quantitative estimate of drug-likeness (QED) is 0.295. The van der Waals surface area contributed by atoms with Crippen molar-refractivity contribution in [2.24, 2.45) is 0 Å². The molecular formula is C22H15FN4OS2. The lowest BCUT2D eigenvalue weighted by Gasteiger charge is -2.12. The average Bonchev–Trinajstić information content (AvgIpc) is 3.19. The summed E-state index contributed by atoms with van der Waals surface area (Å²) >= 11 is 3.03. The Morgan fingerprint density at radius 3 is 2.73 bits per heavy atom. The van der Waals surface area contributed by atoms with Gasteiger partial charge in [-0.3, -0.25) is 4.79 Å². The smallest absolute Gasteiger partial charge is 0.258 e. The number of halogens is 1. The largest absolute Gasteiger partial charge is 0.309 e. The number of thiophene rings is 1. The first-order valence-corrected chi connectivity index (χ1v) is 11.0. The minimum atomic E-state index is -0.274. The van der Waals surface area contributed by atoms with Crippen molar-refractivity contribution >= 4 is 44.2 Å². The van der Waals surface area contributed by atoms with E-state index in [0.717, 1.165) is 26.4 Å². The number of benzene rings is 2. The second-order valence-electron chi connectivity index (χ2n) is 6.74. The summed E-state index contributed by atoms with van der Waals surface area (Å²) in [5, 5.41) is 4.16. The Kier molecular flexibility index (Phi) is 4.80. The maximum absolute atomic E-state index is 13.4. The van der Waals surface area contributed by atoms with Gasteiger partial charge in [-0.15, -0.1) is 11.3 Å². The van der Waals surface area contributed by atoms with E-state index in [0.29, 0.717) is 16.7 Å². The number of hydrogen-bond donors (Lipinski definition) is 1. The van der Waals surface area contributed by atoms with E-state index in [-0.39, 0.29) is 16.6 Å². The van der Waals surface area contributed by atoms with Crippen LogP contribution in [-0.2, 0) is 0 Å². The summed E-state index contributed by atoms with van der Waals surface area (Å²) in [6.45, 7) is 1.98. The van der Waals surface area contributed by atoms with Gasteiger partial charge in [-0.2, -0.15) is 0 Å². The van der Waals surface area contributed by atoms with Crippen molar-refractivity contribution < 1.29 is 4.39 Å². The number of nitrogens with zero attached hydrogens (tertiary/aromatic N) is 3. The minimum absolute atomic E-state index is 0.138. The molecule has 30 heavy (non-hydrogen) atoms. The Labute approximate surface area is 179 Å². The van der Waals surface area contributed by atoms with Crippen LogP contribution in [0.25, 0.3) is 32.2 Å². The highest BCUT2D eigenvalue weighted by Gasteiger charge is 2.18. The number of nitrogens with one attached hydrogen (secondary N) is 1. The third kappa shape index (κ3) is 3.38. The molecule has 148 valence electrons. The van der Waals surface area contributed by atoms with E-state index in [1.807, 2.05) is 30.5 Å². The summed E-state index contributed by atoms with van der Waals surface area (Å²) in [5.41, 5.74) is 2.38. The number of aromatic amines is 1. The van der Waals surface area contributed by atoms with Crippen molar-refractivity contribution in [2.45, 2.75) is 17.2 Å². The highest BCUT2D eigenvalue weighted by molar-refractivity contribution is 7.99. The summed E-state index contributed by atoms with van der Waals surface area (Å²) in [7, 11) is 0. The van der Waals surface area contributed by atoms with Gasteiger partial charge < -0.3 is 4.98 Å². The van der Waals surface area contributed by atoms with Crippen LogP contribution in [0.15, 0.2) is 70.1 Å². The molecule has 0 spiro atoms. The fourth-order valence-electron chi connectivity index (χ4n) is 3.30. The topological polar surface area (TPSA) is 71.5 Å². The lowest BCUT2D eigenvalue weighted by Crippen LogP contribution is -2.12. The van der Waals surface area contributed by atoms with Gasteiger partial charge in [0.15, 0.2) is 0 Å². The van der Waals surface area contributed by atoms with Gasteiger partial charge in [-0.05, 0) is 36.8 Å². The third-order valence-corrected chi connectivity index (χ3v) is 6.79. The summed E-state index contributed by atoms with van der Waals surface area (Å²) < 4.78 is 13.4. The van der Waals surface area contributed by atoms with E-state index in [1.54, 1.807) is 24.5 Å². The molecule has 0 aliphatic heterocycles. The fourth-order valence-corrected chi connectivity index (χ4v) is 5.27. The fraction of sp³-hybridized carbons (Fsp3) is 0.0909. The van der Waals surface area contributed by atoms with Crippen molar-refractivity contribution in [1.29, 1.82) is 0 Å². The van der Waals surface area contributed by atoms with Gasteiger partial charge in [0.05, 0.1) is 21.5 Å². The first-order valence-electron chi connectivity index (χ1n) is 9.24. The Hall–Kier alpha value is -3.10. The summed E-state index contributed by atoms with van der Waals surface area (Å²) in [6.07, 6.45) is 1.54. The molecule has 0 bridgehead atoms. The molecule has 1 atom stereocenters.